The highest BCUT2D eigenvalue weighted by molar-refractivity contribution is 7.89. The second-order valence-corrected chi connectivity index (χ2v) is 7.02. The average molecular weight is 359 g/mol. The number of hydrogen-bond donors (Lipinski definition) is 2. The molecule has 9 heteroatoms. The number of benzene rings is 1. The Morgan fingerprint density at radius 1 is 1.16 bits per heavy atom. The molecule has 25 heavy (non-hydrogen) atoms. The van der Waals surface area contributed by atoms with Gasteiger partial charge in [0.05, 0.1) is 11.4 Å². The predicted octanol–water partition coefficient (Wildman–Crippen LogP) is 0.957. The first-order valence-electron chi connectivity index (χ1n) is 7.68. The SMILES string of the molecule is CCNS(=O)(=O)c1cccc(C(=O)NCc2nnc3ccccn23)c1. The molecule has 0 aliphatic carbocycles. The van der Waals surface area contributed by atoms with Gasteiger partial charge in [-0.15, -0.1) is 10.2 Å². The van der Waals surface area contributed by atoms with Crippen molar-refractivity contribution in [1.29, 1.82) is 0 Å². The molecule has 3 rings (SSSR count). The van der Waals surface area contributed by atoms with Gasteiger partial charge in [-0.1, -0.05) is 19.1 Å². The summed E-state index contributed by atoms with van der Waals surface area (Å²) in [4.78, 5) is 12.4. The van der Waals surface area contributed by atoms with Crippen LogP contribution >= 0.6 is 0 Å². The third-order valence-electron chi connectivity index (χ3n) is 3.53. The molecule has 0 saturated heterocycles. The van der Waals surface area contributed by atoms with Crippen molar-refractivity contribution in [1.82, 2.24) is 24.6 Å². The minimum atomic E-state index is -3.61. The minimum absolute atomic E-state index is 0.0509. The molecule has 130 valence electrons. The molecule has 2 heterocycles. The molecule has 2 N–H and O–H groups in total. The van der Waals surface area contributed by atoms with E-state index in [-0.39, 0.29) is 29.5 Å². The van der Waals surface area contributed by atoms with Gasteiger partial charge in [-0.2, -0.15) is 0 Å². The normalized spacial score (nSPS) is 11.6. The van der Waals surface area contributed by atoms with Gasteiger partial charge in [-0.25, -0.2) is 13.1 Å². The van der Waals surface area contributed by atoms with Crippen molar-refractivity contribution in [2.45, 2.75) is 18.4 Å². The Morgan fingerprint density at radius 3 is 2.80 bits per heavy atom. The minimum Gasteiger partial charge on any atom is -0.345 e. The summed E-state index contributed by atoms with van der Waals surface area (Å²) in [6, 6.07) is 11.4. The number of nitrogens with one attached hydrogen (secondary N) is 2. The lowest BCUT2D eigenvalue weighted by Crippen LogP contribution is -2.26. The van der Waals surface area contributed by atoms with E-state index in [9.17, 15) is 13.2 Å². The lowest BCUT2D eigenvalue weighted by atomic mass is 10.2. The van der Waals surface area contributed by atoms with Gasteiger partial charge in [0.2, 0.25) is 10.0 Å². The first-order valence-corrected chi connectivity index (χ1v) is 9.16. The number of carbonyl (C=O) groups is 1. The maximum Gasteiger partial charge on any atom is 0.251 e. The van der Waals surface area contributed by atoms with E-state index in [0.29, 0.717) is 11.5 Å². The van der Waals surface area contributed by atoms with Crippen LogP contribution in [0.25, 0.3) is 5.65 Å². The van der Waals surface area contributed by atoms with Crippen molar-refractivity contribution in [2.24, 2.45) is 0 Å². The zero-order valence-electron chi connectivity index (χ0n) is 13.5. The largest absolute Gasteiger partial charge is 0.345 e. The van der Waals surface area contributed by atoms with Crippen molar-refractivity contribution in [3.8, 4) is 0 Å². The molecule has 0 unspecified atom stereocenters. The summed E-state index contributed by atoms with van der Waals surface area (Å²) < 4.78 is 28.2. The van der Waals surface area contributed by atoms with E-state index in [1.165, 1.54) is 18.2 Å². The van der Waals surface area contributed by atoms with Crippen LogP contribution in [0.3, 0.4) is 0 Å². The van der Waals surface area contributed by atoms with Gasteiger partial charge in [0.25, 0.3) is 5.91 Å². The van der Waals surface area contributed by atoms with Crippen molar-refractivity contribution in [2.75, 3.05) is 6.54 Å². The maximum absolute atomic E-state index is 12.3. The summed E-state index contributed by atoms with van der Waals surface area (Å²) in [5.74, 6) is 0.196. The first kappa shape index (κ1) is 17.1. The quantitative estimate of drug-likeness (QED) is 0.682. The highest BCUT2D eigenvalue weighted by Crippen LogP contribution is 2.11. The fourth-order valence-electron chi connectivity index (χ4n) is 2.35. The molecular formula is C16H17N5O3S. The van der Waals surface area contributed by atoms with Crippen LogP contribution in [0, 0.1) is 0 Å². The molecule has 0 atom stereocenters. The Balaban J connectivity index is 1.75. The smallest absolute Gasteiger partial charge is 0.251 e. The predicted molar refractivity (Wildman–Crippen MR) is 91.5 cm³/mol. The Bertz CT molecular complexity index is 1010. The molecule has 0 fully saturated rings. The molecule has 1 amide bonds. The van der Waals surface area contributed by atoms with Gasteiger partial charge in [0.1, 0.15) is 0 Å². The van der Waals surface area contributed by atoms with E-state index in [1.807, 2.05) is 18.2 Å². The number of rotatable bonds is 6. The summed E-state index contributed by atoms with van der Waals surface area (Å²) in [6.45, 7) is 2.14. The number of amides is 1. The monoisotopic (exact) mass is 359 g/mol. The van der Waals surface area contributed by atoms with Crippen LogP contribution in [0.1, 0.15) is 23.1 Å². The van der Waals surface area contributed by atoms with Crippen molar-refractivity contribution < 1.29 is 13.2 Å². The highest BCUT2D eigenvalue weighted by Gasteiger charge is 2.15. The summed E-state index contributed by atoms with van der Waals surface area (Å²) in [6.07, 6.45) is 1.81. The van der Waals surface area contributed by atoms with E-state index >= 15 is 0 Å². The third-order valence-corrected chi connectivity index (χ3v) is 5.08. The number of pyridine rings is 1. The van der Waals surface area contributed by atoms with E-state index in [4.69, 9.17) is 0 Å². The molecule has 0 aliphatic heterocycles. The van der Waals surface area contributed by atoms with Gasteiger partial charge < -0.3 is 5.32 Å². The molecule has 2 aromatic heterocycles. The number of aromatic nitrogens is 3. The van der Waals surface area contributed by atoms with Crippen LogP contribution in [0.15, 0.2) is 53.6 Å². The van der Waals surface area contributed by atoms with Gasteiger partial charge in [-0.05, 0) is 30.3 Å². The van der Waals surface area contributed by atoms with Crippen LogP contribution in [-0.4, -0.2) is 35.5 Å². The number of sulfonamides is 1. The van der Waals surface area contributed by atoms with E-state index in [1.54, 1.807) is 23.6 Å². The topological polar surface area (TPSA) is 105 Å². The molecule has 0 spiro atoms. The van der Waals surface area contributed by atoms with Crippen LogP contribution in [-0.2, 0) is 16.6 Å². The fourth-order valence-corrected chi connectivity index (χ4v) is 3.44. The molecule has 0 radical (unpaired) electrons. The molecule has 0 bridgehead atoms. The number of fused-ring (bicyclic) bond motifs is 1. The number of hydrogen-bond acceptors (Lipinski definition) is 5. The standard InChI is InChI=1S/C16H17N5O3S/c1-2-18-25(23,24)13-7-5-6-12(10-13)16(22)17-11-15-20-19-14-8-3-4-9-21(14)15/h3-10,18H,2,11H2,1H3,(H,17,22). The lowest BCUT2D eigenvalue weighted by molar-refractivity contribution is 0.0949. The Kier molecular flexibility index (Phi) is 4.77. The Hall–Kier alpha value is -2.78. The van der Waals surface area contributed by atoms with Crippen LogP contribution < -0.4 is 10.0 Å². The van der Waals surface area contributed by atoms with Crippen LogP contribution in [0.5, 0.6) is 0 Å². The van der Waals surface area contributed by atoms with Crippen molar-refractivity contribution >= 4 is 21.6 Å². The zero-order chi connectivity index (χ0) is 17.9. The van der Waals surface area contributed by atoms with Crippen molar-refractivity contribution in [3.63, 3.8) is 0 Å². The molecule has 0 saturated carbocycles. The molecule has 0 aliphatic rings. The Morgan fingerprint density at radius 2 is 2.00 bits per heavy atom. The van der Waals surface area contributed by atoms with E-state index in [0.717, 1.165) is 0 Å². The first-order chi connectivity index (χ1) is 12.0. The van der Waals surface area contributed by atoms with Gasteiger partial charge in [0.15, 0.2) is 11.5 Å². The van der Waals surface area contributed by atoms with Crippen LogP contribution in [0.2, 0.25) is 0 Å². The summed E-state index contributed by atoms with van der Waals surface area (Å²) >= 11 is 0. The summed E-state index contributed by atoms with van der Waals surface area (Å²) in [5.41, 5.74) is 0.943. The molecule has 3 aromatic rings. The van der Waals surface area contributed by atoms with Gasteiger partial charge in [0, 0.05) is 18.3 Å². The lowest BCUT2D eigenvalue weighted by Gasteiger charge is -2.07. The number of carbonyl (C=O) groups excluding carboxylic acids is 1. The Labute approximate surface area is 144 Å². The summed E-state index contributed by atoms with van der Waals surface area (Å²) in [7, 11) is -3.61. The molecule has 8 nitrogen and oxygen atoms in total. The third kappa shape index (κ3) is 3.67. The van der Waals surface area contributed by atoms with Crippen LogP contribution in [0.4, 0.5) is 0 Å². The maximum atomic E-state index is 12.3. The second kappa shape index (κ2) is 6.99. The summed E-state index contributed by atoms with van der Waals surface area (Å²) in [5, 5.41) is 10.8. The highest BCUT2D eigenvalue weighted by atomic mass is 32.2. The molecular weight excluding hydrogens is 342 g/mol. The zero-order valence-corrected chi connectivity index (χ0v) is 14.3. The number of nitrogens with zero attached hydrogens (tertiary/aromatic N) is 3. The van der Waals surface area contributed by atoms with Gasteiger partial charge >= 0.3 is 0 Å². The second-order valence-electron chi connectivity index (χ2n) is 5.26. The fraction of sp³-hybridized carbons (Fsp3) is 0.188. The van der Waals surface area contributed by atoms with E-state index < -0.39 is 10.0 Å². The van der Waals surface area contributed by atoms with Gasteiger partial charge in [-0.3, -0.25) is 9.20 Å². The van der Waals surface area contributed by atoms with Crippen molar-refractivity contribution in [3.05, 3.63) is 60.0 Å². The molecule has 1 aromatic carbocycles. The van der Waals surface area contributed by atoms with E-state index in [2.05, 4.69) is 20.2 Å². The average Bonchev–Trinajstić information content (AvgIpc) is 3.03.